The second kappa shape index (κ2) is 13.0. The second-order valence-electron chi connectivity index (χ2n) is 11.4. The Balaban J connectivity index is 1.36. The molecule has 0 radical (unpaired) electrons. The van der Waals surface area contributed by atoms with Crippen LogP contribution < -0.4 is 15.1 Å². The van der Waals surface area contributed by atoms with E-state index in [1.54, 1.807) is 0 Å². The summed E-state index contributed by atoms with van der Waals surface area (Å²) in [6.07, 6.45) is 0.389. The second-order valence-corrected chi connectivity index (χ2v) is 11.4. The van der Waals surface area contributed by atoms with Gasteiger partial charge >= 0.3 is 0 Å². The van der Waals surface area contributed by atoms with E-state index >= 15 is 0 Å². The molecule has 1 atom stereocenters. The van der Waals surface area contributed by atoms with Crippen LogP contribution in [-0.4, -0.2) is 66.7 Å². The van der Waals surface area contributed by atoms with E-state index in [1.807, 2.05) is 113 Å². The molecule has 0 spiro atoms. The monoisotopic (exact) mass is 592 g/mol. The number of aromatic nitrogens is 2. The highest BCUT2D eigenvalue weighted by molar-refractivity contribution is 6.20. The minimum atomic E-state index is -0.927. The number of hydrogen-bond donors (Lipinski definition) is 1. The lowest BCUT2D eigenvalue weighted by atomic mass is 9.99. The summed E-state index contributed by atoms with van der Waals surface area (Å²) >= 11 is 0. The van der Waals surface area contributed by atoms with Crippen LogP contribution in [-0.2, 0) is 16.0 Å². The molecule has 0 saturated heterocycles. The molecule has 226 valence electrons. The molecule has 0 bridgehead atoms. The molecule has 0 saturated carbocycles. The number of fused-ring (bicyclic) bond motifs is 1. The number of ketones is 1. The lowest BCUT2D eigenvalue weighted by Crippen LogP contribution is -2.49. The summed E-state index contributed by atoms with van der Waals surface area (Å²) in [5, 5.41) is 10.8. The van der Waals surface area contributed by atoms with Crippen LogP contribution in [0.3, 0.4) is 0 Å². The van der Waals surface area contributed by atoms with Crippen molar-refractivity contribution in [2.45, 2.75) is 33.2 Å². The van der Waals surface area contributed by atoms with Crippen LogP contribution in [0, 0.1) is 12.8 Å². The SMILES string of the molecule is Cc1cccc(Cc2nnc(C(=O)[C@@H](NC(=O)CN3C(=O)CN=C(c4ccccc4)c4cc(N(C)C)ccc43)C(C)C)o2)c1. The first kappa shape index (κ1) is 30.3. The van der Waals surface area contributed by atoms with Gasteiger partial charge in [-0.1, -0.05) is 74.0 Å². The molecule has 1 aliphatic rings. The summed E-state index contributed by atoms with van der Waals surface area (Å²) in [7, 11) is 3.87. The fraction of sp³-hybridized carbons (Fsp3) is 0.294. The number of nitrogens with zero attached hydrogens (tertiary/aromatic N) is 5. The molecule has 5 rings (SSSR count). The number of benzene rings is 3. The number of amides is 2. The van der Waals surface area contributed by atoms with E-state index in [2.05, 4.69) is 20.5 Å². The van der Waals surface area contributed by atoms with E-state index in [0.717, 1.165) is 27.9 Å². The average molecular weight is 593 g/mol. The van der Waals surface area contributed by atoms with Gasteiger partial charge in [0.05, 0.1) is 23.9 Å². The van der Waals surface area contributed by atoms with Crippen LogP contribution in [0.4, 0.5) is 11.4 Å². The molecule has 0 unspecified atom stereocenters. The zero-order chi connectivity index (χ0) is 31.4. The number of nitrogens with one attached hydrogen (secondary N) is 1. The van der Waals surface area contributed by atoms with Crippen molar-refractivity contribution in [2.24, 2.45) is 10.9 Å². The van der Waals surface area contributed by atoms with E-state index in [9.17, 15) is 14.4 Å². The van der Waals surface area contributed by atoms with E-state index in [4.69, 9.17) is 4.42 Å². The highest BCUT2D eigenvalue weighted by Gasteiger charge is 2.32. The Kier molecular flexibility index (Phi) is 8.99. The Hall–Kier alpha value is -5.12. The number of carbonyl (C=O) groups excluding carboxylic acids is 3. The topological polar surface area (TPSA) is 121 Å². The lowest BCUT2D eigenvalue weighted by molar-refractivity contribution is -0.123. The van der Waals surface area contributed by atoms with Crippen LogP contribution >= 0.6 is 0 Å². The Morgan fingerprint density at radius 2 is 1.77 bits per heavy atom. The van der Waals surface area contributed by atoms with Gasteiger partial charge in [-0.05, 0) is 36.6 Å². The summed E-state index contributed by atoms with van der Waals surface area (Å²) in [5.74, 6) is -1.43. The van der Waals surface area contributed by atoms with Gasteiger partial charge in [-0.2, -0.15) is 0 Å². The van der Waals surface area contributed by atoms with Gasteiger partial charge in [0.25, 0.3) is 5.89 Å². The molecule has 2 heterocycles. The lowest BCUT2D eigenvalue weighted by Gasteiger charge is -2.26. The first-order valence-corrected chi connectivity index (χ1v) is 14.5. The third kappa shape index (κ3) is 6.75. The van der Waals surface area contributed by atoms with Crippen molar-refractivity contribution in [3.05, 3.63) is 107 Å². The van der Waals surface area contributed by atoms with Gasteiger partial charge in [-0.15, -0.1) is 10.2 Å². The zero-order valence-electron chi connectivity index (χ0n) is 25.6. The van der Waals surface area contributed by atoms with Crippen LogP contribution in [0.25, 0.3) is 0 Å². The number of aryl methyl sites for hydroxylation is 1. The molecular weight excluding hydrogens is 556 g/mol. The molecule has 1 aromatic heterocycles. The maximum Gasteiger partial charge on any atom is 0.286 e. The highest BCUT2D eigenvalue weighted by atomic mass is 16.4. The third-order valence-electron chi connectivity index (χ3n) is 7.45. The van der Waals surface area contributed by atoms with E-state index in [-0.39, 0.29) is 30.8 Å². The van der Waals surface area contributed by atoms with Crippen LogP contribution in [0.5, 0.6) is 0 Å². The Morgan fingerprint density at radius 1 is 1.00 bits per heavy atom. The minimum absolute atomic E-state index is 0.123. The fourth-order valence-electron chi connectivity index (χ4n) is 5.15. The van der Waals surface area contributed by atoms with Crippen molar-refractivity contribution in [1.29, 1.82) is 0 Å². The molecule has 44 heavy (non-hydrogen) atoms. The van der Waals surface area contributed by atoms with Gasteiger partial charge < -0.3 is 19.5 Å². The molecule has 3 aromatic carbocycles. The number of Topliss-reactive ketones (excluding diaryl/α,β-unsaturated/α-hetero) is 1. The van der Waals surface area contributed by atoms with E-state index in [0.29, 0.717) is 23.7 Å². The first-order valence-electron chi connectivity index (χ1n) is 14.5. The van der Waals surface area contributed by atoms with Crippen LogP contribution in [0.2, 0.25) is 0 Å². The van der Waals surface area contributed by atoms with Crippen molar-refractivity contribution < 1.29 is 18.8 Å². The maximum absolute atomic E-state index is 13.5. The fourth-order valence-corrected chi connectivity index (χ4v) is 5.15. The molecule has 10 nitrogen and oxygen atoms in total. The first-order chi connectivity index (χ1) is 21.1. The van der Waals surface area contributed by atoms with Crippen molar-refractivity contribution in [3.8, 4) is 0 Å². The maximum atomic E-state index is 13.5. The molecule has 1 N–H and O–H groups in total. The summed E-state index contributed by atoms with van der Waals surface area (Å²) < 4.78 is 5.71. The van der Waals surface area contributed by atoms with Gasteiger partial charge in [0.15, 0.2) is 0 Å². The van der Waals surface area contributed by atoms with Gasteiger partial charge in [0.1, 0.15) is 13.1 Å². The van der Waals surface area contributed by atoms with Crippen molar-refractivity contribution in [3.63, 3.8) is 0 Å². The number of benzodiazepines with no additional fused rings is 1. The van der Waals surface area contributed by atoms with E-state index < -0.39 is 17.7 Å². The van der Waals surface area contributed by atoms with Gasteiger partial charge in [-0.25, -0.2) is 0 Å². The Labute approximate surface area is 256 Å². The Bertz CT molecular complexity index is 1710. The number of carbonyl (C=O) groups is 3. The van der Waals surface area contributed by atoms with Crippen molar-refractivity contribution in [1.82, 2.24) is 15.5 Å². The van der Waals surface area contributed by atoms with Crippen LogP contribution in [0.15, 0.2) is 82.2 Å². The highest BCUT2D eigenvalue weighted by Crippen LogP contribution is 2.30. The summed E-state index contributed by atoms with van der Waals surface area (Å²) in [4.78, 5) is 48.3. The standard InChI is InChI=1S/C34H36N6O4/c1-21(2)31(33(43)34-38-37-29(44-34)17-23-11-9-10-22(3)16-23)36-28(41)20-40-27-15-14-25(39(4)5)18-26(27)32(35-19-30(40)42)24-12-7-6-8-13-24/h6-16,18,21,31H,17,19-20H2,1-5H3,(H,36,41)/t31-/m0/s1. The minimum Gasteiger partial charge on any atom is -0.418 e. The zero-order valence-corrected chi connectivity index (χ0v) is 25.6. The third-order valence-corrected chi connectivity index (χ3v) is 7.45. The van der Waals surface area contributed by atoms with Crippen LogP contribution in [0.1, 0.15) is 52.7 Å². The summed E-state index contributed by atoms with van der Waals surface area (Å²) in [6.45, 7) is 5.23. The normalized spacial score (nSPS) is 13.6. The largest absolute Gasteiger partial charge is 0.418 e. The summed E-state index contributed by atoms with van der Waals surface area (Å²) in [5.41, 5.74) is 5.88. The number of aliphatic imine (C=N–C) groups is 1. The number of anilines is 2. The average Bonchev–Trinajstić information content (AvgIpc) is 3.42. The molecule has 10 heteroatoms. The van der Waals surface area contributed by atoms with Crippen molar-refractivity contribution in [2.75, 3.05) is 37.0 Å². The number of rotatable bonds is 10. The van der Waals surface area contributed by atoms with Gasteiger partial charge in [-0.3, -0.25) is 19.4 Å². The Morgan fingerprint density at radius 3 is 2.48 bits per heavy atom. The molecule has 4 aromatic rings. The molecule has 0 fully saturated rings. The predicted molar refractivity (Wildman–Crippen MR) is 169 cm³/mol. The number of hydrogen-bond acceptors (Lipinski definition) is 8. The molecular formula is C34H36N6O4. The smallest absolute Gasteiger partial charge is 0.286 e. The predicted octanol–water partition coefficient (Wildman–Crippen LogP) is 4.24. The van der Waals surface area contributed by atoms with Gasteiger partial charge in [0, 0.05) is 30.9 Å². The van der Waals surface area contributed by atoms with Gasteiger partial charge in [0.2, 0.25) is 23.5 Å². The molecule has 0 aliphatic carbocycles. The van der Waals surface area contributed by atoms with E-state index in [1.165, 1.54) is 4.90 Å². The quantitative estimate of drug-likeness (QED) is 0.274. The molecule has 2 amide bonds. The van der Waals surface area contributed by atoms with Crippen molar-refractivity contribution >= 4 is 34.7 Å². The molecule has 1 aliphatic heterocycles. The summed E-state index contributed by atoms with van der Waals surface area (Å²) in [6, 6.07) is 22.3.